The van der Waals surface area contributed by atoms with Crippen molar-refractivity contribution in [3.05, 3.63) is 0 Å². The predicted octanol–water partition coefficient (Wildman–Crippen LogP) is 9.68. The van der Waals surface area contributed by atoms with Crippen LogP contribution < -0.4 is 0 Å². The van der Waals surface area contributed by atoms with Crippen molar-refractivity contribution in [3.8, 4) is 12.1 Å². The van der Waals surface area contributed by atoms with Gasteiger partial charge in [-0.15, -0.1) is 0 Å². The van der Waals surface area contributed by atoms with Gasteiger partial charge in [0.05, 0.1) is 18.7 Å². The van der Waals surface area contributed by atoms with Crippen LogP contribution in [0.15, 0.2) is 0 Å². The fourth-order valence-electron chi connectivity index (χ4n) is 4.70. The van der Waals surface area contributed by atoms with Crippen LogP contribution in [0, 0.1) is 28.1 Å². The second-order valence-electron chi connectivity index (χ2n) is 10.6. The third kappa shape index (κ3) is 23.1. The molecule has 0 aliphatic carbocycles. The molecule has 0 aromatic carbocycles. The van der Waals surface area contributed by atoms with Crippen LogP contribution in [0.1, 0.15) is 155 Å². The van der Waals surface area contributed by atoms with E-state index >= 15 is 0 Å². The van der Waals surface area contributed by atoms with Crippen LogP contribution in [-0.2, 0) is 9.47 Å². The zero-order valence-electron chi connectivity index (χ0n) is 23.6. The maximum absolute atomic E-state index is 9.38. The monoisotopic (exact) mass is 490 g/mol. The van der Waals surface area contributed by atoms with Gasteiger partial charge in [-0.25, -0.2) is 0 Å². The summed E-state index contributed by atoms with van der Waals surface area (Å²) in [7, 11) is 0. The van der Waals surface area contributed by atoms with E-state index in [-0.39, 0.29) is 5.41 Å². The van der Waals surface area contributed by atoms with Gasteiger partial charge in [0, 0.05) is 38.1 Å². The Morgan fingerprint density at radius 1 is 0.486 bits per heavy atom. The molecule has 35 heavy (non-hydrogen) atoms. The lowest BCUT2D eigenvalue weighted by Crippen LogP contribution is -2.27. The van der Waals surface area contributed by atoms with E-state index in [1.54, 1.807) is 0 Å². The van der Waals surface area contributed by atoms with E-state index in [0.29, 0.717) is 19.4 Å². The topological polar surface area (TPSA) is 66.0 Å². The smallest absolute Gasteiger partial charge is 0.0628 e. The van der Waals surface area contributed by atoms with Crippen molar-refractivity contribution in [2.75, 3.05) is 26.4 Å². The molecule has 0 amide bonds. The minimum atomic E-state index is -0.288. The highest BCUT2D eigenvalue weighted by atomic mass is 16.5. The molecular formula is C31H58N2O2. The summed E-state index contributed by atoms with van der Waals surface area (Å²) in [6.07, 6.45) is 25.8. The van der Waals surface area contributed by atoms with E-state index in [0.717, 1.165) is 51.9 Å². The first-order valence-corrected chi connectivity index (χ1v) is 15.1. The summed E-state index contributed by atoms with van der Waals surface area (Å²) >= 11 is 0. The number of nitrogens with zero attached hydrogens (tertiary/aromatic N) is 2. The fourth-order valence-corrected chi connectivity index (χ4v) is 4.70. The van der Waals surface area contributed by atoms with Crippen molar-refractivity contribution < 1.29 is 9.47 Å². The molecule has 0 atom stereocenters. The molecule has 0 bridgehead atoms. The molecule has 0 saturated carbocycles. The Hall–Kier alpha value is -1.10. The van der Waals surface area contributed by atoms with Gasteiger partial charge >= 0.3 is 0 Å². The molecule has 0 aliphatic rings. The molecule has 0 aromatic heterocycles. The van der Waals surface area contributed by atoms with Crippen molar-refractivity contribution in [2.24, 2.45) is 5.41 Å². The Labute approximate surface area is 219 Å². The number of hydrogen-bond donors (Lipinski definition) is 0. The summed E-state index contributed by atoms with van der Waals surface area (Å²) in [5.41, 5.74) is -0.288. The summed E-state index contributed by atoms with van der Waals surface area (Å²) < 4.78 is 11.7. The first-order chi connectivity index (χ1) is 17.2. The van der Waals surface area contributed by atoms with E-state index in [9.17, 15) is 10.5 Å². The number of unbranched alkanes of at least 4 members (excludes halogenated alkanes) is 16. The Balaban J connectivity index is 3.87. The third-order valence-corrected chi connectivity index (χ3v) is 7.10. The molecule has 0 N–H and O–H groups in total. The zero-order valence-corrected chi connectivity index (χ0v) is 23.6. The zero-order chi connectivity index (χ0) is 25.7. The minimum absolute atomic E-state index is 0.288. The third-order valence-electron chi connectivity index (χ3n) is 7.10. The molecule has 0 rings (SSSR count). The van der Waals surface area contributed by atoms with E-state index in [1.165, 1.54) is 96.3 Å². The Bertz CT molecular complexity index is 463. The highest BCUT2D eigenvalue weighted by Gasteiger charge is 2.30. The van der Waals surface area contributed by atoms with Gasteiger partial charge in [0.1, 0.15) is 0 Å². The summed E-state index contributed by atoms with van der Waals surface area (Å²) in [6.45, 7) is 7.60. The van der Waals surface area contributed by atoms with Gasteiger partial charge < -0.3 is 9.47 Å². The normalized spacial score (nSPS) is 11.4. The molecule has 0 radical (unpaired) electrons. The van der Waals surface area contributed by atoms with Gasteiger partial charge in [0.2, 0.25) is 0 Å². The van der Waals surface area contributed by atoms with E-state index in [2.05, 4.69) is 26.0 Å². The average Bonchev–Trinajstić information content (AvgIpc) is 2.85. The SMILES string of the molecule is CCCCCCCCCCCCOCC(CC#N)(CC#N)CCCCCCCOCCCCCC. The van der Waals surface area contributed by atoms with Crippen molar-refractivity contribution in [2.45, 2.75) is 155 Å². The Morgan fingerprint density at radius 3 is 1.31 bits per heavy atom. The molecule has 4 heteroatoms. The Morgan fingerprint density at radius 2 is 0.857 bits per heavy atom. The second-order valence-corrected chi connectivity index (χ2v) is 10.6. The van der Waals surface area contributed by atoms with Gasteiger partial charge in [-0.3, -0.25) is 0 Å². The van der Waals surface area contributed by atoms with E-state index in [1.807, 2.05) is 0 Å². The van der Waals surface area contributed by atoms with Crippen LogP contribution in [0.25, 0.3) is 0 Å². The van der Waals surface area contributed by atoms with Crippen molar-refractivity contribution >= 4 is 0 Å². The number of ether oxygens (including phenoxy) is 2. The fraction of sp³-hybridized carbons (Fsp3) is 0.935. The molecule has 0 fully saturated rings. The summed E-state index contributed by atoms with van der Waals surface area (Å²) in [4.78, 5) is 0. The second kappa shape index (κ2) is 27.5. The van der Waals surface area contributed by atoms with Crippen LogP contribution in [0.4, 0.5) is 0 Å². The predicted molar refractivity (Wildman–Crippen MR) is 148 cm³/mol. The van der Waals surface area contributed by atoms with Gasteiger partial charge in [-0.05, 0) is 25.7 Å². The minimum Gasteiger partial charge on any atom is -0.381 e. The number of hydrogen-bond acceptors (Lipinski definition) is 4. The molecule has 0 aliphatic heterocycles. The average molecular weight is 491 g/mol. The van der Waals surface area contributed by atoms with Crippen LogP contribution in [0.3, 0.4) is 0 Å². The molecule has 0 heterocycles. The van der Waals surface area contributed by atoms with Gasteiger partial charge in [0.25, 0.3) is 0 Å². The standard InChI is InChI=1S/C31H58N2O2/c1-3-5-7-9-10-11-12-13-16-21-29-35-30-31(23-25-32,24-26-33)22-18-15-14-17-20-28-34-27-19-8-6-4-2/h3-24,27-30H2,1-2H3. The molecule has 204 valence electrons. The van der Waals surface area contributed by atoms with Crippen LogP contribution in [-0.4, -0.2) is 26.4 Å². The van der Waals surface area contributed by atoms with Gasteiger partial charge in [-0.1, -0.05) is 117 Å². The van der Waals surface area contributed by atoms with Crippen LogP contribution >= 0.6 is 0 Å². The Kier molecular flexibility index (Phi) is 26.6. The lowest BCUT2D eigenvalue weighted by Gasteiger charge is -2.29. The molecule has 0 spiro atoms. The number of nitriles is 2. The van der Waals surface area contributed by atoms with E-state index in [4.69, 9.17) is 9.47 Å². The molecule has 0 aromatic rings. The van der Waals surface area contributed by atoms with Gasteiger partial charge in [-0.2, -0.15) is 10.5 Å². The lowest BCUT2D eigenvalue weighted by molar-refractivity contribution is 0.0386. The van der Waals surface area contributed by atoms with Crippen molar-refractivity contribution in [1.29, 1.82) is 10.5 Å². The first-order valence-electron chi connectivity index (χ1n) is 15.1. The molecule has 0 unspecified atom stereocenters. The summed E-state index contributed by atoms with van der Waals surface area (Å²) in [5, 5.41) is 18.8. The number of rotatable bonds is 28. The summed E-state index contributed by atoms with van der Waals surface area (Å²) in [6, 6.07) is 4.67. The van der Waals surface area contributed by atoms with Crippen molar-refractivity contribution in [1.82, 2.24) is 0 Å². The van der Waals surface area contributed by atoms with E-state index < -0.39 is 0 Å². The largest absolute Gasteiger partial charge is 0.381 e. The first kappa shape index (κ1) is 33.9. The van der Waals surface area contributed by atoms with Gasteiger partial charge in [0.15, 0.2) is 0 Å². The lowest BCUT2D eigenvalue weighted by atomic mass is 9.78. The maximum Gasteiger partial charge on any atom is 0.0628 e. The highest BCUT2D eigenvalue weighted by Crippen LogP contribution is 2.33. The molecule has 4 nitrogen and oxygen atoms in total. The van der Waals surface area contributed by atoms with Crippen molar-refractivity contribution in [3.63, 3.8) is 0 Å². The highest BCUT2D eigenvalue weighted by molar-refractivity contribution is 4.95. The summed E-state index contributed by atoms with van der Waals surface area (Å²) in [5.74, 6) is 0. The molecular weight excluding hydrogens is 432 g/mol. The maximum atomic E-state index is 9.38. The van der Waals surface area contributed by atoms with Crippen LogP contribution in [0.5, 0.6) is 0 Å². The quantitative estimate of drug-likeness (QED) is 0.102. The molecule has 0 saturated heterocycles. The van der Waals surface area contributed by atoms with Crippen LogP contribution in [0.2, 0.25) is 0 Å².